The molecule has 12 heavy (non-hydrogen) atoms. The highest BCUT2D eigenvalue weighted by Crippen LogP contribution is 1.92. The number of carbonyl (C=O) groups excluding carboxylic acids is 1. The van der Waals surface area contributed by atoms with Crippen LogP contribution >= 0.6 is 0 Å². The Kier molecular flexibility index (Phi) is 2.63. The van der Waals surface area contributed by atoms with Crippen LogP contribution in [0.2, 0.25) is 0 Å². The second-order valence-electron chi connectivity index (χ2n) is 2.09. The van der Waals surface area contributed by atoms with Gasteiger partial charge < -0.3 is 4.74 Å². The lowest BCUT2D eigenvalue weighted by molar-refractivity contribution is -0.887. The van der Waals surface area contributed by atoms with Gasteiger partial charge in [-0.15, -0.1) is 0 Å². The third-order valence-corrected chi connectivity index (χ3v) is 1.42. The number of hydrogen-bond donors (Lipinski definition) is 0. The molecule has 4 heteroatoms. The maximum absolute atomic E-state index is 11.1. The molecule has 0 bridgehead atoms. The van der Waals surface area contributed by atoms with E-state index in [-0.39, 0.29) is 0 Å². The number of pyridine rings is 1. The fraction of sp³-hybridized carbons (Fsp3) is 0.250. The number of rotatable bonds is 2. The van der Waals surface area contributed by atoms with Crippen molar-refractivity contribution in [3.63, 3.8) is 0 Å². The predicted molar refractivity (Wildman–Crippen MR) is 40.5 cm³/mol. The molecule has 0 atom stereocenters. The van der Waals surface area contributed by atoms with Crippen LogP contribution in [0.3, 0.4) is 0 Å². The van der Waals surface area contributed by atoms with Gasteiger partial charge >= 0.3 is 11.7 Å². The zero-order valence-corrected chi connectivity index (χ0v) is 6.98. The van der Waals surface area contributed by atoms with Gasteiger partial charge in [-0.3, -0.25) is 4.84 Å². The average Bonchev–Trinajstić information content (AvgIpc) is 2.16. The van der Waals surface area contributed by atoms with Crippen molar-refractivity contribution in [2.24, 2.45) is 0 Å². The topological polar surface area (TPSA) is 39.4 Å². The summed E-state index contributed by atoms with van der Waals surface area (Å²) in [6.07, 6.45) is 1.63. The van der Waals surface area contributed by atoms with Gasteiger partial charge in [0.1, 0.15) is 7.11 Å². The smallest absolute Gasteiger partial charge is 0.408 e. The Balaban J connectivity index is 3.04. The maximum Gasteiger partial charge on any atom is 0.408 e. The third-order valence-electron chi connectivity index (χ3n) is 1.42. The van der Waals surface area contributed by atoms with E-state index in [2.05, 4.69) is 4.74 Å². The summed E-state index contributed by atoms with van der Waals surface area (Å²) >= 11 is 0. The monoisotopic (exact) mass is 168 g/mol. The van der Waals surface area contributed by atoms with Crippen molar-refractivity contribution in [3.05, 3.63) is 30.1 Å². The molecule has 1 aromatic rings. The second kappa shape index (κ2) is 3.71. The summed E-state index contributed by atoms with van der Waals surface area (Å²) in [4.78, 5) is 16.0. The first-order chi connectivity index (χ1) is 5.79. The molecule has 0 aliphatic rings. The summed E-state index contributed by atoms with van der Waals surface area (Å²) in [5, 5.41) is 0. The van der Waals surface area contributed by atoms with Crippen molar-refractivity contribution in [3.8, 4) is 0 Å². The first-order valence-corrected chi connectivity index (χ1v) is 3.43. The number of ether oxygens (including phenoxy) is 1. The molecule has 64 valence electrons. The number of carbonyl (C=O) groups is 1. The fourth-order valence-electron chi connectivity index (χ4n) is 0.850. The Morgan fingerprint density at radius 3 is 2.75 bits per heavy atom. The number of methoxy groups -OCH3 is 1. The highest BCUT2D eigenvalue weighted by molar-refractivity contribution is 5.85. The van der Waals surface area contributed by atoms with E-state index in [1.165, 1.54) is 19.0 Å². The molecule has 0 aliphatic carbocycles. The van der Waals surface area contributed by atoms with Crippen molar-refractivity contribution in [2.45, 2.75) is 0 Å². The highest BCUT2D eigenvalue weighted by Gasteiger charge is 2.19. The molecule has 1 rings (SSSR count). The van der Waals surface area contributed by atoms with E-state index in [1.54, 1.807) is 24.4 Å². The molecular formula is C8H10NO3+. The lowest BCUT2D eigenvalue weighted by Crippen LogP contribution is -2.45. The van der Waals surface area contributed by atoms with Gasteiger partial charge in [-0.1, -0.05) is 0 Å². The molecule has 4 nitrogen and oxygen atoms in total. The Hall–Kier alpha value is -1.58. The van der Waals surface area contributed by atoms with Crippen molar-refractivity contribution < 1.29 is 19.1 Å². The Labute approximate surface area is 70.3 Å². The molecule has 1 heterocycles. The minimum absolute atomic E-state index is 0.363. The second-order valence-corrected chi connectivity index (χ2v) is 2.09. The summed E-state index contributed by atoms with van der Waals surface area (Å²) in [5.41, 5.74) is 0.363. The van der Waals surface area contributed by atoms with E-state index >= 15 is 0 Å². The largest absolute Gasteiger partial charge is 0.461 e. The predicted octanol–water partition coefficient (Wildman–Crippen LogP) is -0.181. The van der Waals surface area contributed by atoms with Crippen LogP contribution in [0.5, 0.6) is 0 Å². The van der Waals surface area contributed by atoms with Crippen molar-refractivity contribution in [1.82, 2.24) is 0 Å². The maximum atomic E-state index is 11.1. The molecule has 0 amide bonds. The molecule has 0 saturated carbocycles. The van der Waals surface area contributed by atoms with Crippen molar-refractivity contribution in [1.29, 1.82) is 0 Å². The van der Waals surface area contributed by atoms with Crippen LogP contribution in [-0.2, 0) is 4.74 Å². The normalized spacial score (nSPS) is 9.17. The SMILES string of the molecule is COC(=O)c1cccc[n+]1OC. The minimum Gasteiger partial charge on any atom is -0.461 e. The molecule has 0 unspecified atom stereocenters. The van der Waals surface area contributed by atoms with Crippen LogP contribution < -0.4 is 9.57 Å². The lowest BCUT2D eigenvalue weighted by atomic mass is 10.3. The molecule has 0 spiro atoms. The van der Waals surface area contributed by atoms with Crippen LogP contribution in [0.4, 0.5) is 0 Å². The first kappa shape index (κ1) is 8.52. The number of aromatic nitrogens is 1. The van der Waals surface area contributed by atoms with Gasteiger partial charge in [-0.25, -0.2) is 4.79 Å². The van der Waals surface area contributed by atoms with E-state index in [0.29, 0.717) is 5.69 Å². The van der Waals surface area contributed by atoms with Crippen LogP contribution in [0.1, 0.15) is 10.5 Å². The number of nitrogens with zero attached hydrogens (tertiary/aromatic N) is 1. The molecule has 0 fully saturated rings. The summed E-state index contributed by atoms with van der Waals surface area (Å²) in [5.74, 6) is -0.419. The molecule has 1 aromatic heterocycles. The molecule has 0 aromatic carbocycles. The van der Waals surface area contributed by atoms with Gasteiger partial charge in [0.15, 0.2) is 0 Å². The molecule has 0 aliphatic heterocycles. The van der Waals surface area contributed by atoms with Crippen molar-refractivity contribution in [2.75, 3.05) is 14.2 Å². The minimum atomic E-state index is -0.419. The van der Waals surface area contributed by atoms with E-state index in [0.717, 1.165) is 0 Å². The van der Waals surface area contributed by atoms with Crippen LogP contribution in [0, 0.1) is 0 Å². The highest BCUT2D eigenvalue weighted by atomic mass is 16.6. The Morgan fingerprint density at radius 2 is 2.17 bits per heavy atom. The van der Waals surface area contributed by atoms with Crippen LogP contribution in [0.25, 0.3) is 0 Å². The van der Waals surface area contributed by atoms with Gasteiger partial charge in [0.25, 0.3) is 0 Å². The zero-order valence-electron chi connectivity index (χ0n) is 6.98. The zero-order chi connectivity index (χ0) is 8.97. The van der Waals surface area contributed by atoms with Gasteiger partial charge in [0.05, 0.1) is 7.11 Å². The van der Waals surface area contributed by atoms with Crippen LogP contribution in [-0.4, -0.2) is 20.2 Å². The fourth-order valence-corrected chi connectivity index (χ4v) is 0.850. The number of esters is 1. The van der Waals surface area contributed by atoms with Gasteiger partial charge in [-0.2, -0.15) is 0 Å². The molecule has 0 N–H and O–H groups in total. The quantitative estimate of drug-likeness (QED) is 0.454. The van der Waals surface area contributed by atoms with E-state index < -0.39 is 5.97 Å². The van der Waals surface area contributed by atoms with Crippen molar-refractivity contribution >= 4 is 5.97 Å². The number of hydrogen-bond acceptors (Lipinski definition) is 3. The van der Waals surface area contributed by atoms with Gasteiger partial charge in [0.2, 0.25) is 6.20 Å². The van der Waals surface area contributed by atoms with E-state index in [4.69, 9.17) is 4.84 Å². The molecule has 0 saturated heterocycles. The standard InChI is InChI=1S/C8H10NO3/c1-11-8(10)7-5-3-4-6-9(7)12-2/h3-6H,1-2H3/q+1. The Morgan fingerprint density at radius 1 is 1.42 bits per heavy atom. The molecule has 0 radical (unpaired) electrons. The van der Waals surface area contributed by atoms with Crippen LogP contribution in [0.15, 0.2) is 24.4 Å². The Bertz CT molecular complexity index is 285. The average molecular weight is 168 g/mol. The molecular weight excluding hydrogens is 158 g/mol. The summed E-state index contributed by atoms with van der Waals surface area (Å²) in [6.45, 7) is 0. The summed E-state index contributed by atoms with van der Waals surface area (Å²) in [6, 6.07) is 5.12. The van der Waals surface area contributed by atoms with Gasteiger partial charge in [-0.05, 0) is 6.07 Å². The first-order valence-electron chi connectivity index (χ1n) is 3.43. The van der Waals surface area contributed by atoms with E-state index in [9.17, 15) is 4.79 Å². The summed E-state index contributed by atoms with van der Waals surface area (Å²) in [7, 11) is 2.81. The third kappa shape index (κ3) is 1.53. The summed E-state index contributed by atoms with van der Waals surface area (Å²) < 4.78 is 5.88. The lowest BCUT2D eigenvalue weighted by Gasteiger charge is -1.96. The van der Waals surface area contributed by atoms with Gasteiger partial charge in [0, 0.05) is 16.9 Å². The van der Waals surface area contributed by atoms with E-state index in [1.807, 2.05) is 0 Å².